The van der Waals surface area contributed by atoms with E-state index in [4.69, 9.17) is 20.7 Å². The average Bonchev–Trinajstić information content (AvgIpc) is 3.71. The second kappa shape index (κ2) is 23.4. The molecular formula is C43H56N14O6S2. The third kappa shape index (κ3) is 13.2. The topological polar surface area (TPSA) is 266 Å². The number of azo groups is 1. The molecule has 0 bridgehead atoms. The van der Waals surface area contributed by atoms with Crippen molar-refractivity contribution in [1.82, 2.24) is 10.3 Å². The minimum absolute atomic E-state index is 0.190. The molecule has 2 heterocycles. The van der Waals surface area contributed by atoms with Crippen molar-refractivity contribution in [2.24, 2.45) is 20.3 Å². The zero-order chi connectivity index (χ0) is 47.1. The Morgan fingerprint density at radius 1 is 0.892 bits per heavy atom. The van der Waals surface area contributed by atoms with E-state index < -0.39 is 26.7 Å². The van der Waals surface area contributed by atoms with Crippen LogP contribution in [0.5, 0.6) is 0 Å². The van der Waals surface area contributed by atoms with Crippen LogP contribution >= 0.6 is 11.3 Å². The molecule has 1 aliphatic heterocycles. The van der Waals surface area contributed by atoms with E-state index in [1.807, 2.05) is 43.0 Å². The average molecular weight is 929 g/mol. The summed E-state index contributed by atoms with van der Waals surface area (Å²) in [6, 6.07) is 16.3. The Hall–Kier alpha value is -6.62. The Morgan fingerprint density at radius 3 is 2.15 bits per heavy atom. The van der Waals surface area contributed by atoms with E-state index in [0.29, 0.717) is 66.4 Å². The van der Waals surface area contributed by atoms with Gasteiger partial charge in [-0.1, -0.05) is 23.5 Å². The third-order valence-electron chi connectivity index (χ3n) is 10.2. The number of para-hydroxylation sites is 1. The summed E-state index contributed by atoms with van der Waals surface area (Å²) >= 11 is 1.10. The Kier molecular flexibility index (Phi) is 17.7. The van der Waals surface area contributed by atoms with Crippen LogP contribution in [0.15, 0.2) is 91.5 Å². The van der Waals surface area contributed by atoms with Gasteiger partial charge in [-0.05, 0) is 108 Å². The number of rotatable bonds is 19. The van der Waals surface area contributed by atoms with Crippen molar-refractivity contribution in [2.75, 3.05) is 83.8 Å². The summed E-state index contributed by atoms with van der Waals surface area (Å²) < 4.78 is 39.5. The number of carbonyl (C=O) groups is 2. The van der Waals surface area contributed by atoms with Crippen LogP contribution in [0, 0.1) is 10.9 Å². The van der Waals surface area contributed by atoms with Crippen LogP contribution in [0.4, 0.5) is 50.8 Å². The first kappa shape index (κ1) is 49.4. The second-order valence-corrected chi connectivity index (χ2v) is 16.8. The zero-order valence-corrected chi connectivity index (χ0v) is 38.9. The number of hydrogen-bond acceptors (Lipinski definition) is 15. The lowest BCUT2D eigenvalue weighted by Gasteiger charge is -2.27. The molecule has 0 unspecified atom stereocenters. The molecule has 7 N–H and O–H groups in total. The van der Waals surface area contributed by atoms with Crippen molar-refractivity contribution in [3.8, 4) is 0 Å². The van der Waals surface area contributed by atoms with Crippen LogP contribution in [0.1, 0.15) is 58.8 Å². The van der Waals surface area contributed by atoms with Crippen LogP contribution in [-0.4, -0.2) is 94.7 Å². The molecule has 1 aliphatic rings. The summed E-state index contributed by atoms with van der Waals surface area (Å²) in [5.41, 5.74) is 10.6. The number of carbonyl (C=O) groups excluding carboxylic acids is 2. The van der Waals surface area contributed by atoms with E-state index in [0.717, 1.165) is 61.1 Å². The second-order valence-electron chi connectivity index (χ2n) is 14.4. The number of nitrogens with one attached hydrogen (secondary N) is 6. The number of amides is 1. The standard InChI is InChI=1S/C43H56N14O6S2/c1-7-55(8-2)29-18-20-32(52-45)35(24-29)49-42(46-6)51-41(44)48-36-25-30(56(9-3)27-63-10-4)19-21-33(36)53-54-43-50-39(57-22-14-11-15-23-57)37(64-43)26-31(28(5)58)40(59)47-34-16-12-13-17-38(34)65(60,61)62/h12-13,16-21,24-26,45H,7-11,14-15,22-23,27H2,1-6H3,(H,47,59)(H,60,61,62)(H4,44,46,48,49,51)/b31-26+,52-45?,54-53+. The van der Waals surface area contributed by atoms with E-state index in [9.17, 15) is 22.6 Å². The fraction of sp³-hybridized carbons (Fsp3) is 0.372. The highest BCUT2D eigenvalue weighted by Crippen LogP contribution is 2.38. The van der Waals surface area contributed by atoms with Crippen molar-refractivity contribution in [2.45, 2.75) is 58.8 Å². The third-order valence-corrected chi connectivity index (χ3v) is 12.0. The molecule has 1 fully saturated rings. The molecule has 346 valence electrons. The molecule has 0 aliphatic carbocycles. The summed E-state index contributed by atoms with van der Waals surface area (Å²) in [7, 11) is -3.03. The number of Topliss-reactive ketones (excluding diaryl/α,β-unsaturated/α-hetero) is 1. The van der Waals surface area contributed by atoms with Crippen LogP contribution in [0.25, 0.3) is 6.08 Å². The summed E-state index contributed by atoms with van der Waals surface area (Å²) in [5.74, 6) is -1.00. The number of anilines is 6. The summed E-state index contributed by atoms with van der Waals surface area (Å²) in [5, 5.41) is 33.6. The molecule has 5 rings (SSSR count). The summed E-state index contributed by atoms with van der Waals surface area (Å²) in [4.78, 5) is 42.0. The van der Waals surface area contributed by atoms with Crippen molar-refractivity contribution in [3.63, 3.8) is 0 Å². The van der Waals surface area contributed by atoms with Gasteiger partial charge in [0.1, 0.15) is 28.8 Å². The summed E-state index contributed by atoms with van der Waals surface area (Å²) in [6.45, 7) is 13.7. The lowest BCUT2D eigenvalue weighted by atomic mass is 10.1. The quantitative estimate of drug-likeness (QED) is 0.00678. The van der Waals surface area contributed by atoms with Gasteiger partial charge < -0.3 is 40.7 Å². The highest BCUT2D eigenvalue weighted by atomic mass is 32.2. The predicted molar refractivity (Wildman–Crippen MR) is 258 cm³/mol. The van der Waals surface area contributed by atoms with Crippen molar-refractivity contribution < 1.29 is 27.3 Å². The Balaban J connectivity index is 1.51. The monoisotopic (exact) mass is 928 g/mol. The first-order valence-corrected chi connectivity index (χ1v) is 23.4. The molecule has 3 aromatic carbocycles. The molecule has 1 aromatic heterocycles. The number of guanidine groups is 2. The minimum atomic E-state index is -4.68. The van der Waals surface area contributed by atoms with Gasteiger partial charge in [-0.15, -0.1) is 10.2 Å². The first-order valence-electron chi connectivity index (χ1n) is 21.1. The lowest BCUT2D eigenvalue weighted by molar-refractivity contribution is -0.118. The number of nitrogens with zero attached hydrogens (tertiary/aromatic N) is 8. The molecule has 4 aromatic rings. The van der Waals surface area contributed by atoms with Crippen molar-refractivity contribution in [3.05, 3.63) is 71.1 Å². The minimum Gasteiger partial charge on any atom is -0.372 e. The molecule has 0 atom stereocenters. The van der Waals surface area contributed by atoms with Crippen molar-refractivity contribution >= 4 is 102 Å². The number of ether oxygens (including phenoxy) is 1. The maximum absolute atomic E-state index is 13.6. The summed E-state index contributed by atoms with van der Waals surface area (Å²) in [6.07, 6.45) is 4.26. The Labute approximate surface area is 383 Å². The number of hydrogen-bond donors (Lipinski definition) is 7. The number of benzene rings is 3. The molecule has 1 saturated heterocycles. The fourth-order valence-corrected chi connectivity index (χ4v) is 8.33. The number of aromatic nitrogens is 1. The zero-order valence-electron chi connectivity index (χ0n) is 37.3. The highest BCUT2D eigenvalue weighted by molar-refractivity contribution is 7.86. The number of aliphatic imine (C=N–C) groups is 1. The van der Waals surface area contributed by atoms with E-state index >= 15 is 0 Å². The van der Waals surface area contributed by atoms with Crippen LogP contribution < -0.4 is 36.0 Å². The van der Waals surface area contributed by atoms with Gasteiger partial charge in [-0.2, -0.15) is 23.5 Å². The molecule has 1 amide bonds. The van der Waals surface area contributed by atoms with Crippen LogP contribution in [0.3, 0.4) is 0 Å². The Bertz CT molecular complexity index is 2550. The van der Waals surface area contributed by atoms with E-state index in [1.165, 1.54) is 31.2 Å². The van der Waals surface area contributed by atoms with Gasteiger partial charge in [0.15, 0.2) is 5.78 Å². The largest absolute Gasteiger partial charge is 0.372 e. The molecule has 0 saturated carbocycles. The first-order chi connectivity index (χ1) is 31.2. The fourth-order valence-electron chi connectivity index (χ4n) is 6.83. The van der Waals surface area contributed by atoms with Crippen molar-refractivity contribution in [1.29, 1.82) is 10.9 Å². The maximum Gasteiger partial charge on any atom is 0.296 e. The van der Waals surface area contributed by atoms with Crippen LogP contribution in [-0.2, 0) is 24.4 Å². The molecule has 0 radical (unpaired) electrons. The smallest absolute Gasteiger partial charge is 0.296 e. The number of ketones is 1. The number of piperidine rings is 1. The van der Waals surface area contributed by atoms with E-state index in [1.54, 1.807) is 19.2 Å². The highest BCUT2D eigenvalue weighted by Gasteiger charge is 2.24. The van der Waals surface area contributed by atoms with Gasteiger partial charge in [-0.25, -0.2) is 5.53 Å². The number of thiazole rings is 1. The molecular weight excluding hydrogens is 873 g/mol. The van der Waals surface area contributed by atoms with Gasteiger partial charge in [0, 0.05) is 57.8 Å². The van der Waals surface area contributed by atoms with Gasteiger partial charge in [-0.3, -0.25) is 19.6 Å². The van der Waals surface area contributed by atoms with E-state index in [2.05, 4.69) is 65.2 Å². The van der Waals surface area contributed by atoms with Crippen LogP contribution in [0.2, 0.25) is 0 Å². The molecule has 20 nitrogen and oxygen atoms in total. The Morgan fingerprint density at radius 2 is 1.54 bits per heavy atom. The van der Waals surface area contributed by atoms with Gasteiger partial charge >= 0.3 is 0 Å². The normalized spacial score (nSPS) is 13.4. The lowest BCUT2D eigenvalue weighted by Crippen LogP contribution is -2.30. The maximum atomic E-state index is 13.6. The van der Waals surface area contributed by atoms with Gasteiger partial charge in [0.25, 0.3) is 16.0 Å². The SMILES string of the molecule is CCOCN(CC)c1ccc(/N=N/c2nc(N3CCCCC3)c(/C=C(\C(C)=O)C(=O)Nc3ccccc3S(=O)(=O)O)s2)c(NC(=N)/N=C(\NC)Nc2cc(N(CC)CC)ccc2N=N)c1. The molecule has 65 heavy (non-hydrogen) atoms. The molecule has 22 heteroatoms. The van der Waals surface area contributed by atoms with Gasteiger partial charge in [0.2, 0.25) is 17.1 Å². The van der Waals surface area contributed by atoms with Gasteiger partial charge in [0.05, 0.1) is 27.5 Å². The predicted octanol–water partition coefficient (Wildman–Crippen LogP) is 8.77. The molecule has 0 spiro atoms. The van der Waals surface area contributed by atoms with E-state index in [-0.39, 0.29) is 28.3 Å².